The summed E-state index contributed by atoms with van der Waals surface area (Å²) in [5.41, 5.74) is 3.02. The van der Waals surface area contributed by atoms with Gasteiger partial charge in [0.1, 0.15) is 18.8 Å². The van der Waals surface area contributed by atoms with Gasteiger partial charge in [0.25, 0.3) is 11.7 Å². The Balaban J connectivity index is 1.52. The molecule has 0 radical (unpaired) electrons. The van der Waals surface area contributed by atoms with E-state index in [2.05, 4.69) is 5.32 Å². The van der Waals surface area contributed by atoms with Crippen molar-refractivity contribution in [2.24, 2.45) is 0 Å². The van der Waals surface area contributed by atoms with Crippen molar-refractivity contribution in [1.82, 2.24) is 4.90 Å². The van der Waals surface area contributed by atoms with Gasteiger partial charge < -0.3 is 19.9 Å². The Kier molecular flexibility index (Phi) is 7.52. The first-order chi connectivity index (χ1) is 17.8. The maximum atomic E-state index is 13.4. The number of nitrogens with zero attached hydrogens (tertiary/aromatic N) is 3. The van der Waals surface area contributed by atoms with Crippen LogP contribution < -0.4 is 19.9 Å². The molecular formula is C28H28N4O5. The summed E-state index contributed by atoms with van der Waals surface area (Å²) >= 11 is 0. The van der Waals surface area contributed by atoms with E-state index in [1.807, 2.05) is 31.1 Å². The highest BCUT2D eigenvalue weighted by atomic mass is 16.5. The van der Waals surface area contributed by atoms with Gasteiger partial charge in [-0.3, -0.25) is 24.1 Å². The molecule has 37 heavy (non-hydrogen) atoms. The average molecular weight is 501 g/mol. The molecule has 1 aliphatic rings. The van der Waals surface area contributed by atoms with E-state index in [0.717, 1.165) is 11.3 Å². The number of ether oxygens (including phenoxy) is 1. The molecule has 0 aliphatic carbocycles. The fourth-order valence-corrected chi connectivity index (χ4v) is 4.04. The second kappa shape index (κ2) is 10.9. The lowest BCUT2D eigenvalue weighted by Crippen LogP contribution is -2.45. The zero-order valence-electron chi connectivity index (χ0n) is 20.9. The van der Waals surface area contributed by atoms with Crippen LogP contribution >= 0.6 is 0 Å². The third kappa shape index (κ3) is 5.78. The van der Waals surface area contributed by atoms with Crippen LogP contribution in [-0.2, 0) is 20.9 Å². The summed E-state index contributed by atoms with van der Waals surface area (Å²) in [6, 6.07) is 21.0. The molecule has 0 aromatic heterocycles. The fourth-order valence-electron chi connectivity index (χ4n) is 4.04. The number of fused-ring (bicyclic) bond motifs is 1. The van der Waals surface area contributed by atoms with Crippen molar-refractivity contribution < 1.29 is 23.9 Å². The molecule has 4 rings (SSSR count). The first-order valence-electron chi connectivity index (χ1n) is 11.7. The number of rotatable bonds is 9. The molecule has 3 amide bonds. The van der Waals surface area contributed by atoms with Crippen molar-refractivity contribution >= 4 is 40.6 Å². The average Bonchev–Trinajstić information content (AvgIpc) is 3.14. The largest absolute Gasteiger partial charge is 0.497 e. The maximum Gasteiger partial charge on any atom is 0.299 e. The minimum Gasteiger partial charge on any atom is -0.497 e. The Labute approximate surface area is 215 Å². The van der Waals surface area contributed by atoms with Crippen molar-refractivity contribution in [3.8, 4) is 5.75 Å². The lowest BCUT2D eigenvalue weighted by molar-refractivity contribution is -0.134. The van der Waals surface area contributed by atoms with Crippen molar-refractivity contribution in [3.63, 3.8) is 0 Å². The van der Waals surface area contributed by atoms with E-state index >= 15 is 0 Å². The minimum atomic E-state index is -0.760. The second-order valence-corrected chi connectivity index (χ2v) is 8.82. The van der Waals surface area contributed by atoms with Crippen LogP contribution in [0.3, 0.4) is 0 Å². The van der Waals surface area contributed by atoms with Crippen molar-refractivity contribution in [3.05, 3.63) is 83.9 Å². The van der Waals surface area contributed by atoms with Crippen LogP contribution in [0.15, 0.2) is 72.8 Å². The van der Waals surface area contributed by atoms with Gasteiger partial charge in [-0.2, -0.15) is 0 Å². The highest BCUT2D eigenvalue weighted by molar-refractivity contribution is 6.52. The van der Waals surface area contributed by atoms with Gasteiger partial charge in [0.15, 0.2) is 0 Å². The van der Waals surface area contributed by atoms with E-state index < -0.39 is 17.6 Å². The number of hydrogen-bond donors (Lipinski definition) is 1. The number of carbonyl (C=O) groups is 4. The molecule has 190 valence electrons. The van der Waals surface area contributed by atoms with Crippen molar-refractivity contribution in [1.29, 1.82) is 0 Å². The van der Waals surface area contributed by atoms with E-state index in [4.69, 9.17) is 4.74 Å². The van der Waals surface area contributed by atoms with E-state index in [1.54, 1.807) is 67.8 Å². The monoisotopic (exact) mass is 500 g/mol. The summed E-state index contributed by atoms with van der Waals surface area (Å²) in [7, 11) is 5.41. The quantitative estimate of drug-likeness (QED) is 0.454. The highest BCUT2D eigenvalue weighted by Crippen LogP contribution is 2.28. The molecule has 1 heterocycles. The number of nitrogens with one attached hydrogen (secondary N) is 1. The van der Waals surface area contributed by atoms with Gasteiger partial charge in [0.05, 0.1) is 18.4 Å². The predicted molar refractivity (Wildman–Crippen MR) is 141 cm³/mol. The molecule has 0 saturated carbocycles. The van der Waals surface area contributed by atoms with Crippen LogP contribution in [0, 0.1) is 0 Å². The van der Waals surface area contributed by atoms with Gasteiger partial charge in [0.2, 0.25) is 11.8 Å². The fraction of sp³-hybridized carbons (Fsp3) is 0.214. The standard InChI is InChI=1S/C28H28N4O5/c1-30(2)21-12-10-20(11-13-21)29-25(33)17-31(16-19-8-14-22(37-3)15-9-19)26(34)18-32-24-7-5-4-6-23(24)27(35)28(32)36/h4-15H,16-18H2,1-3H3,(H,29,33). The number of hydrogen-bond acceptors (Lipinski definition) is 6. The van der Waals surface area contributed by atoms with E-state index in [9.17, 15) is 19.2 Å². The molecule has 3 aromatic rings. The number of carbonyl (C=O) groups excluding carboxylic acids is 4. The molecule has 0 fully saturated rings. The van der Waals surface area contributed by atoms with Gasteiger partial charge in [0, 0.05) is 32.0 Å². The SMILES string of the molecule is COc1ccc(CN(CC(=O)Nc2ccc(N(C)C)cc2)C(=O)CN2C(=O)C(=O)c3ccccc32)cc1. The number of methoxy groups -OCH3 is 1. The molecule has 1 N–H and O–H groups in total. The maximum absolute atomic E-state index is 13.4. The van der Waals surface area contributed by atoms with Crippen LogP contribution in [0.5, 0.6) is 5.75 Å². The highest BCUT2D eigenvalue weighted by Gasteiger charge is 2.37. The topological polar surface area (TPSA) is 99.3 Å². The number of benzene rings is 3. The smallest absolute Gasteiger partial charge is 0.299 e. The van der Waals surface area contributed by atoms with Crippen LogP contribution in [0.25, 0.3) is 0 Å². The minimum absolute atomic E-state index is 0.132. The summed E-state index contributed by atoms with van der Waals surface area (Å²) in [4.78, 5) is 55.8. The van der Waals surface area contributed by atoms with E-state index in [1.165, 1.54) is 9.80 Å². The second-order valence-electron chi connectivity index (χ2n) is 8.82. The molecular weight excluding hydrogens is 472 g/mol. The first kappa shape index (κ1) is 25.4. The number of Topliss-reactive ketones (excluding diaryl/α,β-unsaturated/α-hetero) is 1. The molecule has 9 heteroatoms. The summed E-state index contributed by atoms with van der Waals surface area (Å²) in [6.45, 7) is -0.464. The molecule has 1 aliphatic heterocycles. The Morgan fingerprint density at radius 1 is 0.919 bits per heavy atom. The van der Waals surface area contributed by atoms with Crippen molar-refractivity contribution in [2.45, 2.75) is 6.54 Å². The molecule has 3 aromatic carbocycles. The number of amides is 3. The third-order valence-corrected chi connectivity index (χ3v) is 6.06. The van der Waals surface area contributed by atoms with Gasteiger partial charge in [-0.1, -0.05) is 24.3 Å². The Morgan fingerprint density at radius 2 is 1.59 bits per heavy atom. The Hall–Kier alpha value is -4.66. The van der Waals surface area contributed by atoms with E-state index in [-0.39, 0.29) is 31.1 Å². The lowest BCUT2D eigenvalue weighted by atomic mass is 10.1. The van der Waals surface area contributed by atoms with Crippen LogP contribution in [0.2, 0.25) is 0 Å². The van der Waals surface area contributed by atoms with Crippen molar-refractivity contribution in [2.75, 3.05) is 49.4 Å². The normalized spacial score (nSPS) is 12.2. The summed E-state index contributed by atoms with van der Waals surface area (Å²) in [5.74, 6) is -1.60. The van der Waals surface area contributed by atoms with Gasteiger partial charge in [-0.15, -0.1) is 0 Å². The zero-order valence-corrected chi connectivity index (χ0v) is 20.9. The zero-order chi connectivity index (χ0) is 26.5. The predicted octanol–water partition coefficient (Wildman–Crippen LogP) is 2.96. The van der Waals surface area contributed by atoms with Crippen LogP contribution in [0.1, 0.15) is 15.9 Å². The summed E-state index contributed by atoms with van der Waals surface area (Å²) < 4.78 is 5.20. The van der Waals surface area contributed by atoms with E-state index in [0.29, 0.717) is 17.1 Å². The Morgan fingerprint density at radius 3 is 2.24 bits per heavy atom. The van der Waals surface area contributed by atoms with Gasteiger partial charge >= 0.3 is 0 Å². The Bertz CT molecular complexity index is 1320. The number of ketones is 1. The van der Waals surface area contributed by atoms with Gasteiger partial charge in [-0.05, 0) is 54.1 Å². The molecule has 0 bridgehead atoms. The molecule has 0 saturated heterocycles. The molecule has 0 unspecified atom stereocenters. The molecule has 9 nitrogen and oxygen atoms in total. The third-order valence-electron chi connectivity index (χ3n) is 6.06. The first-order valence-corrected chi connectivity index (χ1v) is 11.7. The number of anilines is 3. The summed E-state index contributed by atoms with van der Waals surface area (Å²) in [5, 5.41) is 2.82. The van der Waals surface area contributed by atoms with Crippen LogP contribution in [-0.4, -0.2) is 62.7 Å². The van der Waals surface area contributed by atoms with Crippen LogP contribution in [0.4, 0.5) is 17.1 Å². The van der Waals surface area contributed by atoms with Gasteiger partial charge in [-0.25, -0.2) is 0 Å². The summed E-state index contributed by atoms with van der Waals surface area (Å²) in [6.07, 6.45) is 0. The molecule has 0 atom stereocenters. The molecule has 0 spiro atoms. The lowest BCUT2D eigenvalue weighted by Gasteiger charge is -2.25. The number of para-hydroxylation sites is 1.